The number of aryl methyl sites for hydroxylation is 1. The molecular weight excluding hydrogens is 493 g/mol. The third-order valence-corrected chi connectivity index (χ3v) is 6.54. The van der Waals surface area contributed by atoms with E-state index in [1.54, 1.807) is 18.2 Å². The Morgan fingerprint density at radius 3 is 2.44 bits per heavy atom. The van der Waals surface area contributed by atoms with E-state index >= 15 is 0 Å². The molecule has 1 aliphatic rings. The number of likely N-dealkylation sites (N-methyl/N-ethyl adjacent to an activating group) is 1. The quantitative estimate of drug-likeness (QED) is 0.288. The zero-order valence-electron chi connectivity index (χ0n) is 18.7. The predicted octanol–water partition coefficient (Wildman–Crippen LogP) is 5.24. The Morgan fingerprint density at radius 2 is 1.76 bits per heavy atom. The van der Waals surface area contributed by atoms with E-state index < -0.39 is 11.8 Å². The van der Waals surface area contributed by atoms with Crippen molar-refractivity contribution in [3.63, 3.8) is 0 Å². The van der Waals surface area contributed by atoms with Crippen LogP contribution in [0.1, 0.15) is 22.5 Å². The molecule has 0 radical (unpaired) electrons. The van der Waals surface area contributed by atoms with Gasteiger partial charge in [0.25, 0.3) is 11.8 Å². The first-order valence-electron chi connectivity index (χ1n) is 10.4. The van der Waals surface area contributed by atoms with E-state index in [9.17, 15) is 9.59 Å². The molecule has 0 unspecified atom stereocenters. The van der Waals surface area contributed by atoms with Crippen LogP contribution in [-0.2, 0) is 16.2 Å². The van der Waals surface area contributed by atoms with Crippen LogP contribution in [0.15, 0.2) is 54.1 Å². The molecule has 1 N–H and O–H groups in total. The first-order valence-corrected chi connectivity index (χ1v) is 11.5. The maximum Gasteiger partial charge on any atom is 0.265 e. The van der Waals surface area contributed by atoms with E-state index in [0.29, 0.717) is 22.4 Å². The molecule has 0 spiro atoms. The van der Waals surface area contributed by atoms with Crippen LogP contribution in [0, 0.1) is 13.8 Å². The summed E-state index contributed by atoms with van der Waals surface area (Å²) in [5.41, 5.74) is 4.43. The molecule has 0 saturated carbocycles. The molecule has 2 heterocycles. The standard InChI is InChI=1S/C25H21Cl2N3O3S/c1-14-10-17(11-21-23(31)28-25(34)29(3)24(21)32)15(2)30(14)19-6-8-20(9-7-19)33-13-16-4-5-18(26)12-22(16)27/h4-12H,13H2,1-3H3,(H,28,31,34)/b21-11+. The molecule has 174 valence electrons. The normalized spacial score (nSPS) is 15.1. The Morgan fingerprint density at radius 1 is 1.06 bits per heavy atom. The van der Waals surface area contributed by atoms with Crippen LogP contribution in [0.25, 0.3) is 11.8 Å². The predicted molar refractivity (Wildman–Crippen MR) is 138 cm³/mol. The minimum atomic E-state index is -0.500. The fraction of sp³-hybridized carbons (Fsp3) is 0.160. The molecule has 0 bridgehead atoms. The maximum atomic E-state index is 12.5. The molecule has 9 heteroatoms. The Labute approximate surface area is 212 Å². The van der Waals surface area contributed by atoms with Gasteiger partial charge in [0.2, 0.25) is 0 Å². The van der Waals surface area contributed by atoms with Crippen LogP contribution in [0.2, 0.25) is 10.0 Å². The summed E-state index contributed by atoms with van der Waals surface area (Å²) >= 11 is 17.2. The van der Waals surface area contributed by atoms with Crippen LogP contribution in [0.3, 0.4) is 0 Å². The van der Waals surface area contributed by atoms with Crippen molar-refractivity contribution >= 4 is 58.4 Å². The second kappa shape index (κ2) is 9.62. The molecule has 1 fully saturated rings. The number of aromatic nitrogens is 1. The topological polar surface area (TPSA) is 63.6 Å². The molecule has 0 aliphatic carbocycles. The minimum absolute atomic E-state index is 0.0426. The Bertz CT molecular complexity index is 1350. The first kappa shape index (κ1) is 24.0. The Balaban J connectivity index is 1.56. The smallest absolute Gasteiger partial charge is 0.265 e. The summed E-state index contributed by atoms with van der Waals surface area (Å²) in [6.45, 7) is 4.22. The van der Waals surface area contributed by atoms with Crippen LogP contribution >= 0.6 is 35.4 Å². The van der Waals surface area contributed by atoms with Gasteiger partial charge in [-0.3, -0.25) is 19.8 Å². The highest BCUT2D eigenvalue weighted by molar-refractivity contribution is 7.80. The number of nitrogens with zero attached hydrogens (tertiary/aromatic N) is 2. The van der Waals surface area contributed by atoms with E-state index in [2.05, 4.69) is 5.32 Å². The molecule has 1 aromatic heterocycles. The number of ether oxygens (including phenoxy) is 1. The Hall–Kier alpha value is -3.13. The van der Waals surface area contributed by atoms with Gasteiger partial charge in [0.05, 0.1) is 0 Å². The number of benzene rings is 2. The second-order valence-electron chi connectivity index (χ2n) is 7.86. The van der Waals surface area contributed by atoms with Gasteiger partial charge in [-0.05, 0) is 80.2 Å². The summed E-state index contributed by atoms with van der Waals surface area (Å²) in [6, 6.07) is 14.9. The summed E-state index contributed by atoms with van der Waals surface area (Å²) in [5.74, 6) is -0.232. The number of thiocarbonyl (C=S) groups is 1. The van der Waals surface area contributed by atoms with E-state index in [-0.39, 0.29) is 10.7 Å². The number of carbonyl (C=O) groups excluding carboxylic acids is 2. The lowest BCUT2D eigenvalue weighted by Gasteiger charge is -2.25. The molecule has 4 rings (SSSR count). The Kier molecular flexibility index (Phi) is 6.79. The van der Waals surface area contributed by atoms with Crippen molar-refractivity contribution < 1.29 is 14.3 Å². The lowest BCUT2D eigenvalue weighted by Crippen LogP contribution is -2.52. The number of hydrogen-bond acceptors (Lipinski definition) is 4. The zero-order chi connectivity index (χ0) is 24.6. The monoisotopic (exact) mass is 513 g/mol. The van der Waals surface area contributed by atoms with Crippen molar-refractivity contribution in [2.45, 2.75) is 20.5 Å². The van der Waals surface area contributed by atoms with E-state index in [1.807, 2.05) is 54.8 Å². The van der Waals surface area contributed by atoms with Crippen molar-refractivity contribution in [2.75, 3.05) is 7.05 Å². The number of rotatable bonds is 5. The van der Waals surface area contributed by atoms with Crippen LogP contribution in [0.4, 0.5) is 0 Å². The number of amides is 2. The summed E-state index contributed by atoms with van der Waals surface area (Å²) < 4.78 is 7.92. The first-order chi connectivity index (χ1) is 16.2. The van der Waals surface area contributed by atoms with E-state index in [4.69, 9.17) is 40.2 Å². The van der Waals surface area contributed by atoms with Gasteiger partial charge in [-0.1, -0.05) is 29.3 Å². The van der Waals surface area contributed by atoms with Crippen LogP contribution < -0.4 is 10.1 Å². The largest absolute Gasteiger partial charge is 0.489 e. The van der Waals surface area contributed by atoms with Gasteiger partial charge >= 0.3 is 0 Å². The fourth-order valence-electron chi connectivity index (χ4n) is 3.72. The van der Waals surface area contributed by atoms with Crippen molar-refractivity contribution in [3.8, 4) is 11.4 Å². The number of nitrogens with one attached hydrogen (secondary N) is 1. The SMILES string of the molecule is Cc1cc(/C=C2\C(=O)NC(=S)N(C)C2=O)c(C)n1-c1ccc(OCc2ccc(Cl)cc2Cl)cc1. The number of hydrogen-bond donors (Lipinski definition) is 1. The fourth-order valence-corrected chi connectivity index (χ4v) is 4.36. The van der Waals surface area contributed by atoms with Gasteiger partial charge in [-0.2, -0.15) is 0 Å². The highest BCUT2D eigenvalue weighted by Crippen LogP contribution is 2.26. The third-order valence-electron chi connectivity index (χ3n) is 5.58. The van der Waals surface area contributed by atoms with Crippen molar-refractivity contribution in [1.29, 1.82) is 0 Å². The minimum Gasteiger partial charge on any atom is -0.489 e. The van der Waals surface area contributed by atoms with Crippen molar-refractivity contribution in [1.82, 2.24) is 14.8 Å². The summed E-state index contributed by atoms with van der Waals surface area (Å²) in [7, 11) is 1.53. The second-order valence-corrected chi connectivity index (χ2v) is 9.09. The molecule has 1 saturated heterocycles. The highest BCUT2D eigenvalue weighted by Gasteiger charge is 2.31. The molecule has 0 atom stereocenters. The molecule has 1 aliphatic heterocycles. The van der Waals surface area contributed by atoms with Crippen LogP contribution in [-0.4, -0.2) is 33.4 Å². The average molecular weight is 514 g/mol. The highest BCUT2D eigenvalue weighted by atomic mass is 35.5. The van der Waals surface area contributed by atoms with E-state index in [1.165, 1.54) is 11.9 Å². The van der Waals surface area contributed by atoms with Gasteiger partial charge in [0, 0.05) is 39.7 Å². The molecule has 2 aromatic carbocycles. The van der Waals surface area contributed by atoms with Gasteiger partial charge < -0.3 is 9.30 Å². The summed E-state index contributed by atoms with van der Waals surface area (Å²) in [4.78, 5) is 26.1. The van der Waals surface area contributed by atoms with E-state index in [0.717, 1.165) is 28.2 Å². The molecule has 2 amide bonds. The van der Waals surface area contributed by atoms with Gasteiger partial charge in [0.15, 0.2) is 5.11 Å². The van der Waals surface area contributed by atoms with Crippen LogP contribution in [0.5, 0.6) is 5.75 Å². The maximum absolute atomic E-state index is 12.5. The average Bonchev–Trinajstić information content (AvgIpc) is 3.08. The van der Waals surface area contributed by atoms with Gasteiger partial charge in [-0.15, -0.1) is 0 Å². The van der Waals surface area contributed by atoms with Gasteiger partial charge in [0.1, 0.15) is 17.9 Å². The summed E-state index contributed by atoms with van der Waals surface area (Å²) in [5, 5.41) is 3.76. The zero-order valence-corrected chi connectivity index (χ0v) is 21.0. The van der Waals surface area contributed by atoms with Crippen molar-refractivity contribution in [3.05, 3.63) is 86.7 Å². The van der Waals surface area contributed by atoms with Crippen molar-refractivity contribution in [2.24, 2.45) is 0 Å². The molecule has 3 aromatic rings. The van der Waals surface area contributed by atoms with Gasteiger partial charge in [-0.25, -0.2) is 0 Å². The molecule has 6 nitrogen and oxygen atoms in total. The number of carbonyl (C=O) groups is 2. The number of halogens is 2. The molecular formula is C25H21Cl2N3O3S. The molecule has 34 heavy (non-hydrogen) atoms. The summed E-state index contributed by atoms with van der Waals surface area (Å²) in [6.07, 6.45) is 1.60. The lowest BCUT2D eigenvalue weighted by molar-refractivity contribution is -0.128. The lowest BCUT2D eigenvalue weighted by atomic mass is 10.1. The third kappa shape index (κ3) is 4.73.